The Kier molecular flexibility index (Phi) is 5.51. The van der Waals surface area contributed by atoms with Gasteiger partial charge in [0.25, 0.3) is 0 Å². The molecule has 5 nitrogen and oxygen atoms in total. The molecule has 0 amide bonds. The van der Waals surface area contributed by atoms with Crippen molar-refractivity contribution in [2.24, 2.45) is 0 Å². The Bertz CT molecular complexity index is 325. The van der Waals surface area contributed by atoms with E-state index in [4.69, 9.17) is 4.74 Å². The number of carbonyl (C=O) groups excluding carboxylic acids is 1. The number of nitrogens with zero attached hydrogens (tertiary/aromatic N) is 1. The molecule has 1 saturated heterocycles. The van der Waals surface area contributed by atoms with Crippen molar-refractivity contribution in [2.45, 2.75) is 32.9 Å². The molecule has 0 aromatic heterocycles. The maximum atomic E-state index is 12.4. The summed E-state index contributed by atoms with van der Waals surface area (Å²) in [5, 5.41) is 2.93. The van der Waals surface area contributed by atoms with Crippen molar-refractivity contribution in [3.05, 3.63) is 0 Å². The smallest absolute Gasteiger partial charge is 0.323 e. The average molecular weight is 280 g/mol. The van der Waals surface area contributed by atoms with Gasteiger partial charge in [-0.2, -0.15) is 0 Å². The molecule has 0 aromatic rings. The van der Waals surface area contributed by atoms with Crippen LogP contribution in [0.2, 0.25) is 0 Å². The molecule has 2 atom stereocenters. The van der Waals surface area contributed by atoms with Gasteiger partial charge in [-0.1, -0.05) is 11.4 Å². The highest BCUT2D eigenvalue weighted by Gasteiger charge is 2.32. The summed E-state index contributed by atoms with van der Waals surface area (Å²) in [6.07, 6.45) is 0.353. The topological polar surface area (TPSA) is 58.6 Å². The molecule has 0 aliphatic carbocycles. The minimum absolute atomic E-state index is 0.144. The summed E-state index contributed by atoms with van der Waals surface area (Å²) in [5.74, 6) is 0.483. The SMILES string of the molecule is CC(C)OC(=O)[C@H](C)N[P@]1(=O)CN(C)CCS1. The number of esters is 1. The van der Waals surface area contributed by atoms with Crippen molar-refractivity contribution in [2.75, 3.05) is 25.6 Å². The molecule has 0 aromatic carbocycles. The number of nitrogens with one attached hydrogen (secondary N) is 1. The lowest BCUT2D eigenvalue weighted by Crippen LogP contribution is -2.38. The van der Waals surface area contributed by atoms with E-state index in [9.17, 15) is 9.36 Å². The third-order valence-electron chi connectivity index (χ3n) is 2.30. The molecule has 1 rings (SSSR count). The fourth-order valence-corrected chi connectivity index (χ4v) is 6.60. The Balaban J connectivity index is 2.52. The second-order valence-electron chi connectivity index (χ2n) is 4.56. The van der Waals surface area contributed by atoms with Crippen LogP contribution >= 0.6 is 17.9 Å². The zero-order valence-electron chi connectivity index (χ0n) is 10.8. The van der Waals surface area contributed by atoms with E-state index in [1.807, 2.05) is 11.9 Å². The van der Waals surface area contributed by atoms with Crippen LogP contribution in [0.25, 0.3) is 0 Å². The Morgan fingerprint density at radius 3 is 2.65 bits per heavy atom. The summed E-state index contributed by atoms with van der Waals surface area (Å²) >= 11 is 1.43. The summed E-state index contributed by atoms with van der Waals surface area (Å²) in [5.41, 5.74) is 0. The Morgan fingerprint density at radius 2 is 2.12 bits per heavy atom. The molecular weight excluding hydrogens is 259 g/mol. The second kappa shape index (κ2) is 6.23. The Labute approximate surface area is 107 Å². The van der Waals surface area contributed by atoms with Crippen molar-refractivity contribution in [3.8, 4) is 0 Å². The number of hydrogen-bond acceptors (Lipinski definition) is 5. The van der Waals surface area contributed by atoms with Crippen LogP contribution in [0.15, 0.2) is 0 Å². The molecule has 0 radical (unpaired) electrons. The summed E-state index contributed by atoms with van der Waals surface area (Å²) < 4.78 is 17.5. The fraction of sp³-hybridized carbons (Fsp3) is 0.900. The van der Waals surface area contributed by atoms with Crippen molar-refractivity contribution < 1.29 is 14.1 Å². The lowest BCUT2D eigenvalue weighted by atomic mass is 10.4. The predicted octanol–water partition coefficient (Wildman–Crippen LogP) is 1.75. The van der Waals surface area contributed by atoms with E-state index in [-0.39, 0.29) is 12.1 Å². The van der Waals surface area contributed by atoms with Crippen LogP contribution in [-0.4, -0.2) is 48.6 Å². The van der Waals surface area contributed by atoms with E-state index in [0.29, 0.717) is 6.29 Å². The molecule has 100 valence electrons. The lowest BCUT2D eigenvalue weighted by molar-refractivity contribution is -0.148. The molecule has 1 fully saturated rings. The van der Waals surface area contributed by atoms with Gasteiger partial charge in [-0.25, -0.2) is 5.09 Å². The van der Waals surface area contributed by atoms with Crippen LogP contribution in [0.1, 0.15) is 20.8 Å². The van der Waals surface area contributed by atoms with Crippen molar-refractivity contribution in [1.29, 1.82) is 0 Å². The summed E-state index contributed by atoms with van der Waals surface area (Å²) in [4.78, 5) is 13.6. The third kappa shape index (κ3) is 5.00. The maximum absolute atomic E-state index is 12.4. The van der Waals surface area contributed by atoms with Gasteiger partial charge in [0, 0.05) is 12.3 Å². The maximum Gasteiger partial charge on any atom is 0.323 e. The Morgan fingerprint density at radius 1 is 1.47 bits per heavy atom. The van der Waals surface area contributed by atoms with Crippen LogP contribution in [0.3, 0.4) is 0 Å². The number of rotatable bonds is 4. The highest BCUT2D eigenvalue weighted by atomic mass is 32.7. The first-order chi connectivity index (χ1) is 7.82. The molecule has 0 spiro atoms. The van der Waals surface area contributed by atoms with Gasteiger partial charge in [0.1, 0.15) is 6.04 Å². The van der Waals surface area contributed by atoms with E-state index >= 15 is 0 Å². The van der Waals surface area contributed by atoms with Gasteiger partial charge < -0.3 is 4.74 Å². The molecular formula is C10H21N2O3PS. The normalized spacial score (nSPS) is 28.1. The van der Waals surface area contributed by atoms with E-state index in [1.165, 1.54) is 11.4 Å². The third-order valence-corrected chi connectivity index (χ3v) is 7.18. The monoisotopic (exact) mass is 280 g/mol. The summed E-state index contributed by atoms with van der Waals surface area (Å²) in [6, 6.07) is -0.526. The minimum atomic E-state index is -2.53. The molecule has 1 heterocycles. The predicted molar refractivity (Wildman–Crippen MR) is 71.4 cm³/mol. The largest absolute Gasteiger partial charge is 0.462 e. The van der Waals surface area contributed by atoms with Crippen LogP contribution in [0, 0.1) is 0 Å². The lowest BCUT2D eigenvalue weighted by Gasteiger charge is -2.31. The molecule has 1 aliphatic rings. The molecule has 1 aliphatic heterocycles. The van der Waals surface area contributed by atoms with E-state index < -0.39 is 12.5 Å². The standard InChI is InChI=1S/C10H21N2O3PS/c1-8(2)15-10(13)9(3)11-16(14)7-12(4)5-6-17-16/h8-9H,5-7H2,1-4H3,(H,11,14)/t9-,16-/m0/s1. The molecule has 0 saturated carbocycles. The van der Waals surface area contributed by atoms with Gasteiger partial charge in [0.05, 0.1) is 12.4 Å². The van der Waals surface area contributed by atoms with Crippen LogP contribution < -0.4 is 5.09 Å². The Hall–Kier alpha value is -0.0300. The van der Waals surface area contributed by atoms with E-state index in [1.54, 1.807) is 20.8 Å². The zero-order valence-corrected chi connectivity index (χ0v) is 12.5. The number of hydrogen-bond donors (Lipinski definition) is 1. The van der Waals surface area contributed by atoms with Gasteiger partial charge in [0.2, 0.25) is 6.49 Å². The molecule has 1 N–H and O–H groups in total. The van der Waals surface area contributed by atoms with Crippen molar-refractivity contribution in [1.82, 2.24) is 9.99 Å². The van der Waals surface area contributed by atoms with E-state index in [2.05, 4.69) is 5.09 Å². The highest BCUT2D eigenvalue weighted by Crippen LogP contribution is 2.57. The molecule has 17 heavy (non-hydrogen) atoms. The van der Waals surface area contributed by atoms with Gasteiger partial charge in [-0.3, -0.25) is 14.3 Å². The molecule has 7 heteroatoms. The van der Waals surface area contributed by atoms with Gasteiger partial charge >= 0.3 is 5.97 Å². The van der Waals surface area contributed by atoms with Crippen LogP contribution in [-0.2, 0) is 14.1 Å². The van der Waals surface area contributed by atoms with Crippen LogP contribution in [0.5, 0.6) is 0 Å². The first kappa shape index (κ1) is 15.0. The van der Waals surface area contributed by atoms with Gasteiger partial charge in [0.15, 0.2) is 0 Å². The van der Waals surface area contributed by atoms with Gasteiger partial charge in [-0.15, -0.1) is 0 Å². The summed E-state index contributed by atoms with van der Waals surface area (Å²) in [6.45, 7) is 3.70. The highest BCUT2D eigenvalue weighted by molar-refractivity contribution is 8.57. The quantitative estimate of drug-likeness (QED) is 0.625. The first-order valence-electron chi connectivity index (χ1n) is 5.73. The minimum Gasteiger partial charge on any atom is -0.462 e. The molecule has 0 bridgehead atoms. The average Bonchev–Trinajstić information content (AvgIpc) is 2.14. The van der Waals surface area contributed by atoms with Gasteiger partial charge in [-0.05, 0) is 27.8 Å². The fourth-order valence-electron chi connectivity index (χ4n) is 1.53. The molecule has 0 unspecified atom stereocenters. The summed E-state index contributed by atoms with van der Waals surface area (Å²) in [7, 11) is 1.94. The zero-order chi connectivity index (χ0) is 13.1. The van der Waals surface area contributed by atoms with Crippen LogP contribution in [0.4, 0.5) is 0 Å². The second-order valence-corrected chi connectivity index (χ2v) is 9.66. The van der Waals surface area contributed by atoms with E-state index in [0.717, 1.165) is 12.3 Å². The first-order valence-corrected chi connectivity index (χ1v) is 9.21. The van der Waals surface area contributed by atoms with Crippen molar-refractivity contribution >= 4 is 23.8 Å². The number of ether oxygens (including phenoxy) is 1. The van der Waals surface area contributed by atoms with Crippen molar-refractivity contribution in [3.63, 3.8) is 0 Å². The number of carbonyl (C=O) groups is 1.